The van der Waals surface area contributed by atoms with Gasteiger partial charge in [0.05, 0.1) is 5.69 Å². The maximum atomic E-state index is 12.7. The van der Waals surface area contributed by atoms with Gasteiger partial charge in [0.15, 0.2) is 0 Å². The second-order valence-electron chi connectivity index (χ2n) is 5.77. The van der Waals surface area contributed by atoms with Crippen molar-refractivity contribution in [2.45, 2.75) is 24.5 Å². The Morgan fingerprint density at radius 2 is 1.96 bits per heavy atom. The van der Waals surface area contributed by atoms with Gasteiger partial charge >= 0.3 is 0 Å². The molecule has 0 radical (unpaired) electrons. The van der Waals surface area contributed by atoms with Crippen LogP contribution in [0.2, 0.25) is 0 Å². The van der Waals surface area contributed by atoms with Gasteiger partial charge in [0.2, 0.25) is 0 Å². The molecule has 0 unspecified atom stereocenters. The minimum absolute atomic E-state index is 0.0806. The van der Waals surface area contributed by atoms with Crippen LogP contribution in [0.4, 0.5) is 5.88 Å². The number of sulfonamides is 1. The van der Waals surface area contributed by atoms with Gasteiger partial charge in [-0.1, -0.05) is 47.1 Å². The lowest BCUT2D eigenvalue weighted by atomic mass is 10.1. The zero-order chi connectivity index (χ0) is 18.7. The summed E-state index contributed by atoms with van der Waals surface area (Å²) < 4.78 is 33.6. The van der Waals surface area contributed by atoms with Crippen molar-refractivity contribution in [1.29, 1.82) is 0 Å². The number of aryl methyl sites for hydroxylation is 2. The monoisotopic (exact) mass is 452 g/mol. The Kier molecular flexibility index (Phi) is 5.64. The molecule has 0 bridgehead atoms. The summed E-state index contributed by atoms with van der Waals surface area (Å²) in [6.07, 6.45) is 4.46. The van der Waals surface area contributed by atoms with Gasteiger partial charge < -0.3 is 4.52 Å². The summed E-state index contributed by atoms with van der Waals surface area (Å²) in [6, 6.07) is 9.97. The second kappa shape index (κ2) is 7.77. The Hall–Kier alpha value is -1.90. The van der Waals surface area contributed by atoms with Gasteiger partial charge in [-0.2, -0.15) is 0 Å². The van der Waals surface area contributed by atoms with Crippen LogP contribution in [-0.2, 0) is 16.4 Å². The van der Waals surface area contributed by atoms with Crippen LogP contribution in [0.5, 0.6) is 0 Å². The Balaban J connectivity index is 1.77. The van der Waals surface area contributed by atoms with E-state index in [1.807, 2.05) is 49.4 Å². The van der Waals surface area contributed by atoms with Crippen molar-refractivity contribution < 1.29 is 12.9 Å². The van der Waals surface area contributed by atoms with E-state index in [0.29, 0.717) is 16.6 Å². The molecule has 0 spiro atoms. The SMILES string of the molecule is Cc1ccc(/C=C/Cc2ccsc2S(=O)(=O)Nc2onc(C)c2Br)cc1. The van der Waals surface area contributed by atoms with Crippen molar-refractivity contribution in [3.63, 3.8) is 0 Å². The molecule has 0 saturated heterocycles. The lowest BCUT2D eigenvalue weighted by Crippen LogP contribution is -2.13. The van der Waals surface area contributed by atoms with Crippen LogP contribution in [0.25, 0.3) is 6.08 Å². The summed E-state index contributed by atoms with van der Waals surface area (Å²) in [5.41, 5.74) is 3.59. The number of anilines is 1. The number of hydrogen-bond acceptors (Lipinski definition) is 5. The number of benzene rings is 1. The van der Waals surface area contributed by atoms with Crippen molar-refractivity contribution in [3.05, 3.63) is 68.6 Å². The quantitative estimate of drug-likeness (QED) is 0.559. The van der Waals surface area contributed by atoms with Gasteiger partial charge in [-0.3, -0.25) is 0 Å². The van der Waals surface area contributed by atoms with Crippen molar-refractivity contribution >= 4 is 49.3 Å². The summed E-state index contributed by atoms with van der Waals surface area (Å²) in [5.74, 6) is 0.0806. The summed E-state index contributed by atoms with van der Waals surface area (Å²) in [6.45, 7) is 3.76. The maximum Gasteiger partial charge on any atom is 0.274 e. The van der Waals surface area contributed by atoms with Crippen LogP contribution in [0.1, 0.15) is 22.4 Å². The molecule has 2 heterocycles. The molecule has 0 saturated carbocycles. The minimum Gasteiger partial charge on any atom is -0.336 e. The van der Waals surface area contributed by atoms with Gasteiger partial charge in [-0.05, 0) is 58.8 Å². The third-order valence-electron chi connectivity index (χ3n) is 3.69. The van der Waals surface area contributed by atoms with E-state index in [9.17, 15) is 8.42 Å². The molecule has 0 aliphatic heterocycles. The molecule has 5 nitrogen and oxygen atoms in total. The van der Waals surface area contributed by atoms with Crippen LogP contribution >= 0.6 is 27.3 Å². The molecule has 8 heteroatoms. The Labute approximate surface area is 164 Å². The Bertz CT molecular complexity index is 1030. The molecule has 2 aromatic heterocycles. The summed E-state index contributed by atoms with van der Waals surface area (Å²) in [4.78, 5) is 0. The molecule has 26 heavy (non-hydrogen) atoms. The minimum atomic E-state index is -3.74. The first kappa shape index (κ1) is 18.9. The van der Waals surface area contributed by atoms with Gasteiger partial charge in [0, 0.05) is 0 Å². The zero-order valence-corrected chi connectivity index (χ0v) is 17.4. The van der Waals surface area contributed by atoms with E-state index in [1.54, 1.807) is 12.3 Å². The van der Waals surface area contributed by atoms with Crippen LogP contribution in [-0.4, -0.2) is 13.6 Å². The van der Waals surface area contributed by atoms with Gasteiger partial charge in [0.25, 0.3) is 15.9 Å². The third-order valence-corrected chi connectivity index (χ3v) is 7.53. The van der Waals surface area contributed by atoms with E-state index >= 15 is 0 Å². The first-order valence-corrected chi connectivity index (χ1v) is 11.0. The standard InChI is InChI=1S/C18H17BrN2O3S2/c1-12-6-8-14(9-7-12)4-3-5-15-10-11-25-18(15)26(22,23)21-17-16(19)13(2)20-24-17/h3-4,6-11,21H,5H2,1-2H3/b4-3+. The molecular formula is C18H17BrN2O3S2. The Morgan fingerprint density at radius 3 is 2.62 bits per heavy atom. The fourth-order valence-corrected chi connectivity index (χ4v) is 5.10. The third kappa shape index (κ3) is 4.25. The van der Waals surface area contributed by atoms with E-state index in [2.05, 4.69) is 25.8 Å². The average molecular weight is 453 g/mol. The van der Waals surface area contributed by atoms with E-state index in [1.165, 1.54) is 16.9 Å². The number of thiophene rings is 1. The average Bonchev–Trinajstić information content (AvgIpc) is 3.19. The predicted molar refractivity (Wildman–Crippen MR) is 108 cm³/mol. The molecule has 1 N–H and O–H groups in total. The van der Waals surface area contributed by atoms with Crippen molar-refractivity contribution in [1.82, 2.24) is 5.16 Å². The van der Waals surface area contributed by atoms with Crippen LogP contribution in [0.3, 0.4) is 0 Å². The molecule has 3 aromatic rings. The number of halogens is 1. The lowest BCUT2D eigenvalue weighted by Gasteiger charge is -2.05. The molecule has 0 fully saturated rings. The van der Waals surface area contributed by atoms with Gasteiger partial charge in [0.1, 0.15) is 8.68 Å². The molecule has 3 rings (SSSR count). The normalized spacial score (nSPS) is 12.0. The van der Waals surface area contributed by atoms with E-state index in [-0.39, 0.29) is 10.1 Å². The molecule has 0 amide bonds. The summed E-state index contributed by atoms with van der Waals surface area (Å²) >= 11 is 4.44. The van der Waals surface area contributed by atoms with Crippen LogP contribution in [0, 0.1) is 13.8 Å². The summed E-state index contributed by atoms with van der Waals surface area (Å²) in [5, 5.41) is 5.50. The molecule has 1 aromatic carbocycles. The maximum absolute atomic E-state index is 12.7. The largest absolute Gasteiger partial charge is 0.336 e. The van der Waals surface area contributed by atoms with Crippen molar-refractivity contribution in [3.8, 4) is 0 Å². The highest BCUT2D eigenvalue weighted by atomic mass is 79.9. The molecule has 136 valence electrons. The number of hydrogen-bond donors (Lipinski definition) is 1. The second-order valence-corrected chi connectivity index (χ2v) is 9.35. The van der Waals surface area contributed by atoms with Gasteiger partial charge in [-0.15, -0.1) is 11.3 Å². The number of rotatable bonds is 6. The Morgan fingerprint density at radius 1 is 1.23 bits per heavy atom. The smallest absolute Gasteiger partial charge is 0.274 e. The number of nitrogens with zero attached hydrogens (tertiary/aromatic N) is 1. The van der Waals surface area contributed by atoms with Crippen molar-refractivity contribution in [2.75, 3.05) is 4.72 Å². The lowest BCUT2D eigenvalue weighted by molar-refractivity contribution is 0.430. The van der Waals surface area contributed by atoms with Gasteiger partial charge in [-0.25, -0.2) is 13.1 Å². The molecular weight excluding hydrogens is 436 g/mol. The fraction of sp³-hybridized carbons (Fsp3) is 0.167. The van der Waals surface area contributed by atoms with Crippen molar-refractivity contribution in [2.24, 2.45) is 0 Å². The first-order valence-electron chi connectivity index (χ1n) is 7.81. The highest BCUT2D eigenvalue weighted by molar-refractivity contribution is 9.10. The molecule has 0 aliphatic rings. The number of nitrogens with one attached hydrogen (secondary N) is 1. The highest BCUT2D eigenvalue weighted by Gasteiger charge is 2.23. The first-order chi connectivity index (χ1) is 12.4. The number of allylic oxidation sites excluding steroid dienone is 1. The highest BCUT2D eigenvalue weighted by Crippen LogP contribution is 2.30. The van der Waals surface area contributed by atoms with E-state index < -0.39 is 10.0 Å². The van der Waals surface area contributed by atoms with E-state index in [0.717, 1.165) is 11.1 Å². The predicted octanol–water partition coefficient (Wildman–Crippen LogP) is 5.17. The molecule has 0 atom stereocenters. The fourth-order valence-electron chi connectivity index (χ4n) is 2.30. The number of aromatic nitrogens is 1. The van der Waals surface area contributed by atoms with E-state index in [4.69, 9.17) is 4.52 Å². The zero-order valence-electron chi connectivity index (χ0n) is 14.2. The topological polar surface area (TPSA) is 72.2 Å². The molecule has 0 aliphatic carbocycles. The van der Waals surface area contributed by atoms with Crippen LogP contribution < -0.4 is 4.72 Å². The summed E-state index contributed by atoms with van der Waals surface area (Å²) in [7, 11) is -3.74. The van der Waals surface area contributed by atoms with Crippen LogP contribution in [0.15, 0.2) is 55.0 Å².